The molecule has 2 atom stereocenters. The summed E-state index contributed by atoms with van der Waals surface area (Å²) in [6, 6.07) is 22.8. The number of amides is 2. The lowest BCUT2D eigenvalue weighted by atomic mass is 9.47. The number of carbonyl (C=O) groups excluding carboxylic acids is 2. The summed E-state index contributed by atoms with van der Waals surface area (Å²) in [4.78, 5) is 28.9. The van der Waals surface area contributed by atoms with Crippen LogP contribution in [0.3, 0.4) is 0 Å². The number of imide groups is 1. The second kappa shape index (κ2) is 6.28. The minimum absolute atomic E-state index is 0.202. The van der Waals surface area contributed by atoms with Gasteiger partial charge in [0.15, 0.2) is 0 Å². The minimum Gasteiger partial charge on any atom is -0.497 e. The Bertz CT molecular complexity index is 1180. The third kappa shape index (κ3) is 2.09. The summed E-state index contributed by atoms with van der Waals surface area (Å²) in [6.07, 6.45) is 0. The number of rotatable bonds is 3. The number of benzene rings is 3. The Morgan fingerprint density at radius 3 is 2.00 bits per heavy atom. The zero-order valence-corrected chi connectivity index (χ0v) is 17.0. The number of nitrogens with zero attached hydrogens (tertiary/aromatic N) is 1. The summed E-state index contributed by atoms with van der Waals surface area (Å²) >= 11 is 0. The molecule has 0 saturated carbocycles. The molecule has 3 aliphatic carbocycles. The molecule has 1 fully saturated rings. The minimum atomic E-state index is -0.930. The van der Waals surface area contributed by atoms with Crippen molar-refractivity contribution in [2.24, 2.45) is 11.8 Å². The molecule has 1 aliphatic heterocycles. The quantitative estimate of drug-likeness (QED) is 0.672. The van der Waals surface area contributed by atoms with Gasteiger partial charge in [-0.15, -0.1) is 0 Å². The molecule has 1 heterocycles. The van der Waals surface area contributed by atoms with Crippen LogP contribution in [0.1, 0.15) is 28.2 Å². The Labute approximate surface area is 179 Å². The molecule has 1 N–H and O–H groups in total. The van der Waals surface area contributed by atoms with Crippen molar-refractivity contribution in [1.29, 1.82) is 0 Å². The Balaban J connectivity index is 1.60. The van der Waals surface area contributed by atoms with E-state index < -0.39 is 17.3 Å². The van der Waals surface area contributed by atoms with E-state index in [1.165, 1.54) is 4.90 Å². The van der Waals surface area contributed by atoms with Crippen molar-refractivity contribution in [3.8, 4) is 5.75 Å². The van der Waals surface area contributed by atoms with Gasteiger partial charge in [-0.3, -0.25) is 9.59 Å². The van der Waals surface area contributed by atoms with Crippen LogP contribution < -0.4 is 9.64 Å². The lowest BCUT2D eigenvalue weighted by Crippen LogP contribution is -2.55. The van der Waals surface area contributed by atoms with E-state index in [2.05, 4.69) is 0 Å². The molecule has 2 bridgehead atoms. The molecule has 5 nitrogen and oxygen atoms in total. The third-order valence-electron chi connectivity index (χ3n) is 7.37. The Morgan fingerprint density at radius 1 is 0.871 bits per heavy atom. The monoisotopic (exact) mass is 411 g/mol. The first-order valence-electron chi connectivity index (χ1n) is 10.4. The molecule has 7 rings (SSSR count). The number of carbonyl (C=O) groups is 2. The molecule has 154 valence electrons. The van der Waals surface area contributed by atoms with Gasteiger partial charge < -0.3 is 9.84 Å². The first-order valence-corrected chi connectivity index (χ1v) is 10.4. The Morgan fingerprint density at radius 2 is 1.45 bits per heavy atom. The van der Waals surface area contributed by atoms with E-state index in [9.17, 15) is 14.7 Å². The van der Waals surface area contributed by atoms with Gasteiger partial charge in [0.25, 0.3) is 0 Å². The van der Waals surface area contributed by atoms with Gasteiger partial charge in [0.1, 0.15) is 5.75 Å². The van der Waals surface area contributed by atoms with E-state index in [1.54, 1.807) is 31.4 Å². The van der Waals surface area contributed by atoms with Crippen molar-refractivity contribution < 1.29 is 19.4 Å². The fraction of sp³-hybridized carbons (Fsp3) is 0.231. The zero-order valence-electron chi connectivity index (χ0n) is 17.0. The van der Waals surface area contributed by atoms with Crippen LogP contribution in [0.4, 0.5) is 5.69 Å². The largest absolute Gasteiger partial charge is 0.497 e. The van der Waals surface area contributed by atoms with Crippen LogP contribution in [0, 0.1) is 11.8 Å². The van der Waals surface area contributed by atoms with Gasteiger partial charge in [0.2, 0.25) is 11.8 Å². The number of anilines is 1. The summed E-state index contributed by atoms with van der Waals surface area (Å²) in [5, 5.41) is 10.8. The number of hydrogen-bond acceptors (Lipinski definition) is 4. The van der Waals surface area contributed by atoms with Crippen LogP contribution in [0.25, 0.3) is 0 Å². The lowest BCUT2D eigenvalue weighted by Gasteiger charge is -2.53. The Kier molecular flexibility index (Phi) is 3.72. The molecule has 31 heavy (non-hydrogen) atoms. The fourth-order valence-electron chi connectivity index (χ4n) is 6.18. The van der Waals surface area contributed by atoms with Crippen LogP contribution in [-0.4, -0.2) is 30.6 Å². The van der Waals surface area contributed by atoms with Crippen molar-refractivity contribution in [2.75, 3.05) is 18.6 Å². The highest BCUT2D eigenvalue weighted by molar-refractivity contribution is 6.23. The summed E-state index contributed by atoms with van der Waals surface area (Å²) in [7, 11) is 1.58. The summed E-state index contributed by atoms with van der Waals surface area (Å²) in [5.74, 6) is -1.17. The third-order valence-corrected chi connectivity index (χ3v) is 7.37. The van der Waals surface area contributed by atoms with E-state index in [0.29, 0.717) is 11.4 Å². The van der Waals surface area contributed by atoms with Gasteiger partial charge in [0, 0.05) is 5.92 Å². The van der Waals surface area contributed by atoms with Crippen molar-refractivity contribution in [2.45, 2.75) is 11.3 Å². The van der Waals surface area contributed by atoms with Crippen LogP contribution >= 0.6 is 0 Å². The molecule has 0 spiro atoms. The average Bonchev–Trinajstić information content (AvgIpc) is 3.10. The predicted molar refractivity (Wildman–Crippen MR) is 115 cm³/mol. The van der Waals surface area contributed by atoms with Crippen molar-refractivity contribution in [1.82, 2.24) is 0 Å². The van der Waals surface area contributed by atoms with E-state index >= 15 is 0 Å². The molecule has 0 unspecified atom stereocenters. The van der Waals surface area contributed by atoms with Crippen LogP contribution in [-0.2, 0) is 15.0 Å². The first-order chi connectivity index (χ1) is 15.1. The van der Waals surface area contributed by atoms with Crippen molar-refractivity contribution in [3.05, 3.63) is 95.1 Å². The van der Waals surface area contributed by atoms with E-state index in [-0.39, 0.29) is 24.3 Å². The molecule has 4 aliphatic rings. The number of aliphatic hydroxyl groups excluding tert-OH is 1. The topological polar surface area (TPSA) is 66.8 Å². The summed E-state index contributed by atoms with van der Waals surface area (Å²) in [6.45, 7) is -0.232. The van der Waals surface area contributed by atoms with Crippen molar-refractivity contribution >= 4 is 17.5 Å². The van der Waals surface area contributed by atoms with Gasteiger partial charge in [-0.05, 0) is 46.5 Å². The maximum Gasteiger partial charge on any atom is 0.239 e. The molecular weight excluding hydrogens is 390 g/mol. The SMILES string of the molecule is COc1ccc(N2C(=O)[C@@H]3[C@@H](C2=O)C2c4ccccc4C3(CO)c3ccccc32)cc1. The smallest absolute Gasteiger partial charge is 0.239 e. The number of hydrogen-bond donors (Lipinski definition) is 1. The molecule has 5 heteroatoms. The predicted octanol–water partition coefficient (Wildman–Crippen LogP) is 3.24. The maximum absolute atomic E-state index is 13.8. The number of aliphatic hydroxyl groups is 1. The first kappa shape index (κ1) is 18.3. The normalized spacial score (nSPS) is 27.7. The van der Waals surface area contributed by atoms with Crippen LogP contribution in [0.15, 0.2) is 72.8 Å². The van der Waals surface area contributed by atoms with Gasteiger partial charge in [-0.25, -0.2) is 4.90 Å². The van der Waals surface area contributed by atoms with Crippen LogP contribution in [0.2, 0.25) is 0 Å². The standard InChI is InChI=1S/C26H21NO4/c1-31-16-12-10-15(11-13-16)27-24(29)22-21-17-6-2-4-8-19(17)26(14-28,23(22)25(27)30)20-9-5-3-7-18(20)21/h2-13,21-23,28H,14H2,1H3/t21?,22-,23-,26?/m0/s1. The van der Waals surface area contributed by atoms with Gasteiger partial charge in [0.05, 0.1) is 36.7 Å². The van der Waals surface area contributed by atoms with E-state index in [1.807, 2.05) is 48.5 Å². The van der Waals surface area contributed by atoms with Gasteiger partial charge >= 0.3 is 0 Å². The molecule has 1 saturated heterocycles. The molecule has 3 aromatic rings. The van der Waals surface area contributed by atoms with Gasteiger partial charge in [-0.1, -0.05) is 48.5 Å². The highest BCUT2D eigenvalue weighted by Gasteiger charge is 2.68. The van der Waals surface area contributed by atoms with E-state index in [4.69, 9.17) is 4.74 Å². The van der Waals surface area contributed by atoms with E-state index in [0.717, 1.165) is 22.3 Å². The maximum atomic E-state index is 13.8. The Hall–Kier alpha value is -3.44. The average molecular weight is 411 g/mol. The molecule has 0 radical (unpaired) electrons. The van der Waals surface area contributed by atoms with Crippen LogP contribution in [0.5, 0.6) is 5.75 Å². The number of methoxy groups -OCH3 is 1. The molecule has 2 amide bonds. The van der Waals surface area contributed by atoms with Gasteiger partial charge in [-0.2, -0.15) is 0 Å². The summed E-state index contributed by atoms with van der Waals surface area (Å²) < 4.78 is 5.22. The molecular formula is C26H21NO4. The summed E-state index contributed by atoms with van der Waals surface area (Å²) in [5.41, 5.74) is 3.59. The lowest BCUT2D eigenvalue weighted by molar-refractivity contribution is -0.124. The number of ether oxygens (including phenoxy) is 1. The highest BCUT2D eigenvalue weighted by Crippen LogP contribution is 2.64. The molecule has 3 aromatic carbocycles. The van der Waals surface area contributed by atoms with Crippen molar-refractivity contribution in [3.63, 3.8) is 0 Å². The second-order valence-electron chi connectivity index (χ2n) is 8.50. The zero-order chi connectivity index (χ0) is 21.3. The molecule has 0 aromatic heterocycles. The second-order valence-corrected chi connectivity index (χ2v) is 8.50. The highest BCUT2D eigenvalue weighted by atomic mass is 16.5. The fourth-order valence-corrected chi connectivity index (χ4v) is 6.18.